The zero-order valence-corrected chi connectivity index (χ0v) is 19.2. The molecule has 1 heterocycles. The van der Waals surface area contributed by atoms with Crippen LogP contribution in [0.15, 0.2) is 12.1 Å². The van der Waals surface area contributed by atoms with E-state index in [4.69, 9.17) is 23.7 Å². The maximum atomic E-state index is 11.8. The molecule has 0 aromatic heterocycles. The fraction of sp³-hybridized carbons (Fsp3) is 0.625. The van der Waals surface area contributed by atoms with Gasteiger partial charge in [0.2, 0.25) is 0 Å². The fourth-order valence-corrected chi connectivity index (χ4v) is 4.59. The zero-order valence-electron chi connectivity index (χ0n) is 19.2. The van der Waals surface area contributed by atoms with E-state index in [2.05, 4.69) is 11.8 Å². The fourth-order valence-electron chi connectivity index (χ4n) is 4.59. The second kappa shape index (κ2) is 8.70. The normalized spacial score (nSPS) is 26.1. The molecule has 0 bridgehead atoms. The standard InChI is InChI=1S/C24H32O7/c1-16-7-10-24(30-11-12-31-24)22(3,4)23(16,26)9-8-20-18(15-29-17(2)25)13-19(27-5)14-21(20)28-6/h13-14,16,26H,7,10-12,15H2,1-6H3. The molecule has 1 N–H and O–H groups in total. The van der Waals surface area contributed by atoms with E-state index in [1.807, 2.05) is 20.8 Å². The lowest BCUT2D eigenvalue weighted by Gasteiger charge is -2.55. The molecule has 31 heavy (non-hydrogen) atoms. The lowest BCUT2D eigenvalue weighted by atomic mass is 9.57. The van der Waals surface area contributed by atoms with Crippen LogP contribution in [-0.4, -0.2) is 49.9 Å². The number of carbonyl (C=O) groups excluding carboxylic acids is 1. The third-order valence-corrected chi connectivity index (χ3v) is 6.70. The molecule has 1 aliphatic carbocycles. The molecule has 0 amide bonds. The summed E-state index contributed by atoms with van der Waals surface area (Å²) in [6.07, 6.45) is 1.42. The highest BCUT2D eigenvalue weighted by Crippen LogP contribution is 2.56. The van der Waals surface area contributed by atoms with Crippen molar-refractivity contribution in [3.63, 3.8) is 0 Å². The van der Waals surface area contributed by atoms with Crippen LogP contribution in [0.2, 0.25) is 0 Å². The number of ether oxygens (including phenoxy) is 5. The molecule has 7 nitrogen and oxygen atoms in total. The zero-order chi connectivity index (χ0) is 22.9. The number of hydrogen-bond donors (Lipinski definition) is 1. The van der Waals surface area contributed by atoms with Crippen LogP contribution in [0.25, 0.3) is 0 Å². The Labute approximate surface area is 184 Å². The second-order valence-corrected chi connectivity index (χ2v) is 8.67. The van der Waals surface area contributed by atoms with Crippen LogP contribution in [0.3, 0.4) is 0 Å². The van der Waals surface area contributed by atoms with Gasteiger partial charge >= 0.3 is 5.97 Å². The Morgan fingerprint density at radius 3 is 2.48 bits per heavy atom. The molecular weight excluding hydrogens is 400 g/mol. The summed E-state index contributed by atoms with van der Waals surface area (Å²) in [6.45, 7) is 8.23. The van der Waals surface area contributed by atoms with Crippen molar-refractivity contribution in [2.24, 2.45) is 11.3 Å². The highest BCUT2D eigenvalue weighted by molar-refractivity contribution is 5.66. The average Bonchev–Trinajstić information content (AvgIpc) is 3.23. The van der Waals surface area contributed by atoms with Gasteiger partial charge in [0, 0.05) is 25.0 Å². The van der Waals surface area contributed by atoms with Crippen molar-refractivity contribution in [2.45, 2.75) is 58.5 Å². The van der Waals surface area contributed by atoms with Crippen molar-refractivity contribution in [3.05, 3.63) is 23.3 Å². The smallest absolute Gasteiger partial charge is 0.302 e. The van der Waals surface area contributed by atoms with Gasteiger partial charge in [0.15, 0.2) is 5.79 Å². The van der Waals surface area contributed by atoms with Crippen molar-refractivity contribution in [3.8, 4) is 23.3 Å². The lowest BCUT2D eigenvalue weighted by molar-refractivity contribution is -0.299. The SMILES string of the molecule is COc1cc(COC(C)=O)c(C#CC2(O)C(C)CCC3(OCCO3)C2(C)C)c(OC)c1. The quantitative estimate of drug-likeness (QED) is 0.578. The van der Waals surface area contributed by atoms with Crippen LogP contribution >= 0.6 is 0 Å². The Balaban J connectivity index is 2.09. The van der Waals surface area contributed by atoms with Gasteiger partial charge in [-0.3, -0.25) is 4.79 Å². The first kappa shape index (κ1) is 23.4. The van der Waals surface area contributed by atoms with E-state index in [0.717, 1.165) is 0 Å². The molecule has 2 atom stereocenters. The van der Waals surface area contributed by atoms with E-state index in [0.29, 0.717) is 48.7 Å². The molecule has 1 aromatic carbocycles. The molecule has 2 fully saturated rings. The van der Waals surface area contributed by atoms with Gasteiger partial charge in [0.1, 0.15) is 23.7 Å². The minimum absolute atomic E-state index is 0.0143. The molecule has 1 saturated heterocycles. The maximum Gasteiger partial charge on any atom is 0.302 e. The van der Waals surface area contributed by atoms with E-state index < -0.39 is 22.8 Å². The summed E-state index contributed by atoms with van der Waals surface area (Å²) in [5, 5.41) is 11.8. The van der Waals surface area contributed by atoms with E-state index >= 15 is 0 Å². The highest BCUT2D eigenvalue weighted by Gasteiger charge is 2.64. The Hall–Kier alpha value is -2.27. The Morgan fingerprint density at radius 1 is 1.23 bits per heavy atom. The van der Waals surface area contributed by atoms with Crippen LogP contribution in [0.5, 0.6) is 11.5 Å². The summed E-state index contributed by atoms with van der Waals surface area (Å²) < 4.78 is 28.1. The number of rotatable bonds is 4. The number of hydrogen-bond acceptors (Lipinski definition) is 7. The first-order valence-corrected chi connectivity index (χ1v) is 10.5. The van der Waals surface area contributed by atoms with Crippen LogP contribution in [0.1, 0.15) is 51.7 Å². The van der Waals surface area contributed by atoms with E-state index in [1.54, 1.807) is 19.2 Å². The van der Waals surface area contributed by atoms with E-state index in [-0.39, 0.29) is 12.5 Å². The number of aliphatic hydroxyl groups is 1. The lowest BCUT2D eigenvalue weighted by Crippen LogP contribution is -2.65. The summed E-state index contributed by atoms with van der Waals surface area (Å²) in [6, 6.07) is 3.46. The van der Waals surface area contributed by atoms with Gasteiger partial charge in [-0.05, 0) is 18.4 Å². The summed E-state index contributed by atoms with van der Waals surface area (Å²) in [5.74, 6) is 5.91. The molecule has 1 spiro atoms. The minimum atomic E-state index is -1.38. The molecule has 7 heteroatoms. The summed E-state index contributed by atoms with van der Waals surface area (Å²) >= 11 is 0. The van der Waals surface area contributed by atoms with Gasteiger partial charge in [-0.15, -0.1) is 0 Å². The van der Waals surface area contributed by atoms with Gasteiger partial charge in [-0.25, -0.2) is 0 Å². The molecular formula is C24H32O7. The number of benzene rings is 1. The van der Waals surface area contributed by atoms with Crippen LogP contribution < -0.4 is 9.47 Å². The summed E-state index contributed by atoms with van der Waals surface area (Å²) in [5.41, 5.74) is -0.989. The molecule has 2 aliphatic rings. The number of methoxy groups -OCH3 is 2. The van der Waals surface area contributed by atoms with Gasteiger partial charge in [-0.2, -0.15) is 0 Å². The Morgan fingerprint density at radius 2 is 1.90 bits per heavy atom. The van der Waals surface area contributed by atoms with E-state index in [9.17, 15) is 9.90 Å². The molecule has 1 aromatic rings. The van der Waals surface area contributed by atoms with Crippen LogP contribution in [-0.2, 0) is 25.6 Å². The number of carbonyl (C=O) groups is 1. The average molecular weight is 433 g/mol. The Bertz CT molecular complexity index is 889. The molecule has 1 saturated carbocycles. The van der Waals surface area contributed by atoms with Gasteiger partial charge in [0.05, 0.1) is 38.4 Å². The molecule has 3 rings (SSSR count). The second-order valence-electron chi connectivity index (χ2n) is 8.67. The monoisotopic (exact) mass is 432 g/mol. The van der Waals surface area contributed by atoms with Crippen molar-refractivity contribution < 1.29 is 33.6 Å². The van der Waals surface area contributed by atoms with E-state index in [1.165, 1.54) is 14.0 Å². The largest absolute Gasteiger partial charge is 0.497 e. The van der Waals surface area contributed by atoms with Crippen molar-refractivity contribution in [2.75, 3.05) is 27.4 Å². The van der Waals surface area contributed by atoms with Crippen LogP contribution in [0.4, 0.5) is 0 Å². The number of esters is 1. The topological polar surface area (TPSA) is 83.5 Å². The van der Waals surface area contributed by atoms with Crippen molar-refractivity contribution >= 4 is 5.97 Å². The van der Waals surface area contributed by atoms with Gasteiger partial charge in [0.25, 0.3) is 0 Å². The molecule has 2 unspecified atom stereocenters. The van der Waals surface area contributed by atoms with Crippen molar-refractivity contribution in [1.29, 1.82) is 0 Å². The predicted octanol–water partition coefficient (Wildman–Crippen LogP) is 3.05. The molecule has 170 valence electrons. The Kier molecular flexibility index (Phi) is 6.56. The summed E-state index contributed by atoms with van der Waals surface area (Å²) in [4.78, 5) is 11.4. The minimum Gasteiger partial charge on any atom is -0.497 e. The molecule has 0 radical (unpaired) electrons. The van der Waals surface area contributed by atoms with Crippen LogP contribution in [0, 0.1) is 23.2 Å². The summed E-state index contributed by atoms with van der Waals surface area (Å²) in [7, 11) is 3.08. The highest BCUT2D eigenvalue weighted by atomic mass is 16.7. The predicted molar refractivity (Wildman–Crippen MR) is 114 cm³/mol. The van der Waals surface area contributed by atoms with Gasteiger partial charge < -0.3 is 28.8 Å². The molecule has 1 aliphatic heterocycles. The first-order valence-electron chi connectivity index (χ1n) is 10.5. The van der Waals surface area contributed by atoms with Gasteiger partial charge in [-0.1, -0.05) is 32.6 Å². The maximum absolute atomic E-state index is 11.8. The van der Waals surface area contributed by atoms with Crippen molar-refractivity contribution in [1.82, 2.24) is 0 Å². The third kappa shape index (κ3) is 4.00. The first-order chi connectivity index (χ1) is 14.6. The third-order valence-electron chi connectivity index (χ3n) is 6.70.